The summed E-state index contributed by atoms with van der Waals surface area (Å²) in [6.45, 7) is 0. The molecule has 0 bridgehead atoms. The average Bonchev–Trinajstić information content (AvgIpc) is 2.80. The van der Waals surface area contributed by atoms with Crippen molar-refractivity contribution >= 4 is 16.5 Å². The van der Waals surface area contributed by atoms with Gasteiger partial charge in [0.1, 0.15) is 0 Å². The van der Waals surface area contributed by atoms with Crippen LogP contribution in [0.5, 0.6) is 0 Å². The summed E-state index contributed by atoms with van der Waals surface area (Å²) < 4.78 is 0. The molecule has 5 aromatic rings. The smallest absolute Gasteiger partial charge is 0.164 e. The predicted octanol–water partition coefficient (Wildman–Crippen LogP) is 5.61. The average molecular weight is 374 g/mol. The lowest BCUT2D eigenvalue weighted by atomic mass is 10.0. The number of aromatic nitrogens is 3. The van der Waals surface area contributed by atoms with Crippen LogP contribution in [-0.2, 0) is 0 Å². The van der Waals surface area contributed by atoms with Crippen molar-refractivity contribution in [2.75, 3.05) is 5.73 Å². The highest BCUT2D eigenvalue weighted by Crippen LogP contribution is 2.32. The summed E-state index contributed by atoms with van der Waals surface area (Å²) in [4.78, 5) is 14.4. The van der Waals surface area contributed by atoms with Crippen molar-refractivity contribution in [1.29, 1.82) is 0 Å². The van der Waals surface area contributed by atoms with E-state index in [1.165, 1.54) is 0 Å². The highest BCUT2D eigenvalue weighted by Gasteiger charge is 2.14. The van der Waals surface area contributed by atoms with Crippen molar-refractivity contribution in [3.8, 4) is 34.2 Å². The fourth-order valence-corrected chi connectivity index (χ4v) is 3.45. The first kappa shape index (κ1) is 17.1. The van der Waals surface area contributed by atoms with Gasteiger partial charge in [-0.3, -0.25) is 0 Å². The zero-order valence-corrected chi connectivity index (χ0v) is 15.7. The van der Waals surface area contributed by atoms with Crippen molar-refractivity contribution in [2.45, 2.75) is 0 Å². The van der Waals surface area contributed by atoms with Crippen LogP contribution < -0.4 is 5.73 Å². The van der Waals surface area contributed by atoms with Gasteiger partial charge < -0.3 is 5.73 Å². The Hall–Kier alpha value is -4.05. The topological polar surface area (TPSA) is 64.7 Å². The molecule has 0 radical (unpaired) electrons. The van der Waals surface area contributed by atoms with Gasteiger partial charge >= 0.3 is 0 Å². The van der Waals surface area contributed by atoms with E-state index in [1.54, 1.807) is 0 Å². The number of anilines is 1. The summed E-state index contributed by atoms with van der Waals surface area (Å²) in [7, 11) is 0. The fourth-order valence-electron chi connectivity index (χ4n) is 3.45. The molecule has 1 heterocycles. The fraction of sp³-hybridized carbons (Fsp3) is 0. The van der Waals surface area contributed by atoms with Crippen LogP contribution in [0.3, 0.4) is 0 Å². The number of nitrogens with two attached hydrogens (primary N) is 1. The molecule has 0 atom stereocenters. The Labute approximate surface area is 168 Å². The van der Waals surface area contributed by atoms with E-state index >= 15 is 0 Å². The van der Waals surface area contributed by atoms with Crippen LogP contribution in [-0.4, -0.2) is 15.0 Å². The predicted molar refractivity (Wildman–Crippen MR) is 118 cm³/mol. The van der Waals surface area contributed by atoms with Crippen molar-refractivity contribution in [2.24, 2.45) is 0 Å². The highest BCUT2D eigenvalue weighted by atomic mass is 15.0. The van der Waals surface area contributed by atoms with E-state index in [1.807, 2.05) is 91.0 Å². The molecule has 4 nitrogen and oxygen atoms in total. The van der Waals surface area contributed by atoms with Gasteiger partial charge in [-0.05, 0) is 17.5 Å². The van der Waals surface area contributed by atoms with Gasteiger partial charge in [0.25, 0.3) is 0 Å². The number of nitrogens with zero attached hydrogens (tertiary/aromatic N) is 3. The zero-order chi connectivity index (χ0) is 19.6. The lowest BCUT2D eigenvalue weighted by Gasteiger charge is -2.11. The van der Waals surface area contributed by atoms with Gasteiger partial charge in [0.05, 0.1) is 0 Å². The second-order valence-electron chi connectivity index (χ2n) is 6.79. The first-order valence-corrected chi connectivity index (χ1v) is 9.44. The summed E-state index contributed by atoms with van der Waals surface area (Å²) in [5.41, 5.74) is 9.77. The van der Waals surface area contributed by atoms with Crippen LogP contribution in [0.15, 0.2) is 97.1 Å². The van der Waals surface area contributed by atoms with Crippen LogP contribution >= 0.6 is 0 Å². The lowest BCUT2D eigenvalue weighted by molar-refractivity contribution is 1.08. The van der Waals surface area contributed by atoms with Gasteiger partial charge in [-0.1, -0.05) is 84.9 Å². The maximum atomic E-state index is 6.19. The molecule has 0 spiro atoms. The second kappa shape index (κ2) is 7.17. The number of fused-ring (bicyclic) bond motifs is 1. The van der Waals surface area contributed by atoms with E-state index in [0.29, 0.717) is 17.5 Å². The van der Waals surface area contributed by atoms with Crippen molar-refractivity contribution in [3.63, 3.8) is 0 Å². The summed E-state index contributed by atoms with van der Waals surface area (Å²) in [5.74, 6) is 1.93. The third kappa shape index (κ3) is 3.21. The molecule has 5 rings (SSSR count). The van der Waals surface area contributed by atoms with Gasteiger partial charge in [0.2, 0.25) is 0 Å². The largest absolute Gasteiger partial charge is 0.398 e. The van der Waals surface area contributed by atoms with E-state index in [4.69, 9.17) is 20.7 Å². The Morgan fingerprint density at radius 3 is 1.52 bits per heavy atom. The Bertz CT molecular complexity index is 1240. The molecule has 0 amide bonds. The van der Waals surface area contributed by atoms with Crippen molar-refractivity contribution in [1.82, 2.24) is 15.0 Å². The van der Waals surface area contributed by atoms with Crippen molar-refractivity contribution < 1.29 is 0 Å². The van der Waals surface area contributed by atoms with Gasteiger partial charge in [-0.15, -0.1) is 0 Å². The number of hydrogen-bond acceptors (Lipinski definition) is 4. The van der Waals surface area contributed by atoms with E-state index in [9.17, 15) is 0 Å². The number of benzene rings is 4. The SMILES string of the molecule is Nc1ccc(-c2nc(-c3ccccc3)nc(-c3ccccc3)n2)c2ccccc12. The molecule has 29 heavy (non-hydrogen) atoms. The molecule has 0 saturated carbocycles. The highest BCUT2D eigenvalue weighted by molar-refractivity contribution is 6.01. The van der Waals surface area contributed by atoms with E-state index < -0.39 is 0 Å². The van der Waals surface area contributed by atoms with Crippen LogP contribution in [0.4, 0.5) is 5.69 Å². The molecule has 4 heteroatoms. The number of nitrogen functional groups attached to an aromatic ring is 1. The van der Waals surface area contributed by atoms with Crippen LogP contribution in [0.2, 0.25) is 0 Å². The minimum absolute atomic E-state index is 0.633. The molecule has 0 saturated heterocycles. The third-order valence-electron chi connectivity index (χ3n) is 4.90. The van der Waals surface area contributed by atoms with E-state index in [-0.39, 0.29) is 0 Å². The number of rotatable bonds is 3. The van der Waals surface area contributed by atoms with Gasteiger partial charge in [-0.25, -0.2) is 15.0 Å². The van der Waals surface area contributed by atoms with Gasteiger partial charge in [0.15, 0.2) is 17.5 Å². The monoisotopic (exact) mass is 374 g/mol. The Morgan fingerprint density at radius 2 is 0.931 bits per heavy atom. The molecule has 0 aliphatic heterocycles. The van der Waals surface area contributed by atoms with Gasteiger partial charge in [-0.2, -0.15) is 0 Å². The van der Waals surface area contributed by atoms with Crippen LogP contribution in [0.1, 0.15) is 0 Å². The standard InChI is InChI=1S/C25H18N4/c26-22-16-15-21(19-13-7-8-14-20(19)22)25-28-23(17-9-3-1-4-10-17)27-24(29-25)18-11-5-2-6-12-18/h1-16H,26H2. The maximum Gasteiger partial charge on any atom is 0.164 e. The Kier molecular flexibility index (Phi) is 4.22. The summed E-state index contributed by atoms with van der Waals surface area (Å²) in [6, 6.07) is 31.9. The molecule has 0 fully saturated rings. The maximum absolute atomic E-state index is 6.19. The molecular weight excluding hydrogens is 356 g/mol. The molecule has 2 N–H and O–H groups in total. The van der Waals surface area contributed by atoms with Gasteiger partial charge in [0, 0.05) is 27.8 Å². The summed E-state index contributed by atoms with van der Waals surface area (Å²) in [6.07, 6.45) is 0. The minimum Gasteiger partial charge on any atom is -0.398 e. The van der Waals surface area contributed by atoms with Crippen LogP contribution in [0.25, 0.3) is 44.9 Å². The molecule has 138 valence electrons. The second-order valence-corrected chi connectivity index (χ2v) is 6.79. The van der Waals surface area contributed by atoms with E-state index in [2.05, 4.69) is 6.07 Å². The first-order valence-electron chi connectivity index (χ1n) is 9.44. The third-order valence-corrected chi connectivity index (χ3v) is 4.90. The normalized spacial score (nSPS) is 10.9. The van der Waals surface area contributed by atoms with Crippen molar-refractivity contribution in [3.05, 3.63) is 97.1 Å². The molecule has 1 aromatic heterocycles. The first-order chi connectivity index (χ1) is 14.3. The quantitative estimate of drug-likeness (QED) is 0.417. The Morgan fingerprint density at radius 1 is 0.448 bits per heavy atom. The zero-order valence-electron chi connectivity index (χ0n) is 15.7. The van der Waals surface area contributed by atoms with Crippen LogP contribution in [0, 0.1) is 0 Å². The molecule has 4 aromatic carbocycles. The summed E-state index contributed by atoms with van der Waals surface area (Å²) >= 11 is 0. The Balaban J connectivity index is 1.79. The number of hydrogen-bond donors (Lipinski definition) is 1. The van der Waals surface area contributed by atoms with E-state index in [0.717, 1.165) is 33.2 Å². The lowest BCUT2D eigenvalue weighted by Crippen LogP contribution is -2.00. The molecular formula is C25H18N4. The summed E-state index contributed by atoms with van der Waals surface area (Å²) in [5, 5.41) is 2.02. The molecule has 0 unspecified atom stereocenters. The molecule has 0 aliphatic rings. The minimum atomic E-state index is 0.633. The molecule has 0 aliphatic carbocycles.